The van der Waals surface area contributed by atoms with Crippen molar-refractivity contribution in [3.63, 3.8) is 0 Å². The molecule has 1 amide bonds. The van der Waals surface area contributed by atoms with E-state index in [2.05, 4.69) is 10.3 Å². The number of amides is 1. The normalized spacial score (nSPS) is 9.85. The van der Waals surface area contributed by atoms with Crippen LogP contribution in [0, 0.1) is 0 Å². The Balaban J connectivity index is 2.22. The van der Waals surface area contributed by atoms with Gasteiger partial charge in [-0.3, -0.25) is 9.78 Å². The smallest absolute Gasteiger partial charge is 0.339 e. The van der Waals surface area contributed by atoms with Crippen molar-refractivity contribution in [2.24, 2.45) is 0 Å². The average Bonchev–Trinajstić information content (AvgIpc) is 2.47. The monoisotopic (exact) mass is 272 g/mol. The first-order chi connectivity index (χ1) is 9.61. The minimum Gasteiger partial charge on any atom is -0.496 e. The molecule has 0 radical (unpaired) electrons. The van der Waals surface area contributed by atoms with Gasteiger partial charge in [-0.2, -0.15) is 0 Å². The summed E-state index contributed by atoms with van der Waals surface area (Å²) in [6, 6.07) is 7.51. The summed E-state index contributed by atoms with van der Waals surface area (Å²) in [6.07, 6.45) is 3.03. The number of hydrogen-bond acceptors (Lipinski definition) is 4. The number of methoxy groups -OCH3 is 1. The van der Waals surface area contributed by atoms with E-state index in [9.17, 15) is 9.59 Å². The molecule has 2 aromatic rings. The number of rotatable bonds is 4. The number of nitrogens with one attached hydrogen (secondary N) is 1. The highest BCUT2D eigenvalue weighted by Crippen LogP contribution is 2.23. The number of nitrogens with zero attached hydrogens (tertiary/aromatic N) is 1. The summed E-state index contributed by atoms with van der Waals surface area (Å²) in [6.45, 7) is 0. The van der Waals surface area contributed by atoms with Crippen LogP contribution in [0.15, 0.2) is 42.7 Å². The van der Waals surface area contributed by atoms with E-state index < -0.39 is 5.97 Å². The second kappa shape index (κ2) is 5.83. The number of carbonyl (C=O) groups is 2. The summed E-state index contributed by atoms with van der Waals surface area (Å²) < 4.78 is 4.99. The van der Waals surface area contributed by atoms with Crippen molar-refractivity contribution in [3.8, 4) is 5.75 Å². The molecular formula is C14H12N2O4. The number of anilines is 1. The number of ether oxygens (including phenoxy) is 1. The third-order valence-corrected chi connectivity index (χ3v) is 2.63. The summed E-state index contributed by atoms with van der Waals surface area (Å²) in [7, 11) is 1.37. The topological polar surface area (TPSA) is 88.5 Å². The fourth-order valence-electron chi connectivity index (χ4n) is 1.65. The van der Waals surface area contributed by atoms with Gasteiger partial charge in [-0.15, -0.1) is 0 Å². The minimum absolute atomic E-state index is 0.0365. The predicted octanol–water partition coefficient (Wildman–Crippen LogP) is 2.04. The van der Waals surface area contributed by atoms with Gasteiger partial charge in [-0.25, -0.2) is 4.79 Å². The molecule has 1 aromatic heterocycles. The van der Waals surface area contributed by atoms with E-state index in [1.807, 2.05) is 0 Å². The molecule has 0 unspecified atom stereocenters. The van der Waals surface area contributed by atoms with E-state index in [0.29, 0.717) is 11.3 Å². The van der Waals surface area contributed by atoms with Crippen LogP contribution in [0.2, 0.25) is 0 Å². The van der Waals surface area contributed by atoms with Gasteiger partial charge in [0.1, 0.15) is 11.3 Å². The van der Waals surface area contributed by atoms with E-state index in [1.165, 1.54) is 37.7 Å². The van der Waals surface area contributed by atoms with Crippen molar-refractivity contribution in [2.75, 3.05) is 12.4 Å². The first kappa shape index (κ1) is 13.5. The van der Waals surface area contributed by atoms with Crippen LogP contribution in [0.4, 0.5) is 5.69 Å². The molecule has 1 aromatic carbocycles. The van der Waals surface area contributed by atoms with Crippen molar-refractivity contribution < 1.29 is 19.4 Å². The van der Waals surface area contributed by atoms with E-state index in [1.54, 1.807) is 12.1 Å². The summed E-state index contributed by atoms with van der Waals surface area (Å²) >= 11 is 0. The lowest BCUT2D eigenvalue weighted by Gasteiger charge is -2.09. The molecule has 2 N–H and O–H groups in total. The van der Waals surface area contributed by atoms with Gasteiger partial charge in [0.2, 0.25) is 0 Å². The number of aromatic carboxylic acids is 1. The lowest BCUT2D eigenvalue weighted by atomic mass is 10.1. The lowest BCUT2D eigenvalue weighted by Crippen LogP contribution is -2.12. The second-order valence-corrected chi connectivity index (χ2v) is 3.91. The standard InChI is InChI=1S/C14H12N2O4/c1-20-12-8-10(2-3-11(12)14(18)19)16-13(17)9-4-6-15-7-5-9/h2-8H,1H3,(H,16,17)(H,18,19). The Morgan fingerprint density at radius 2 is 1.90 bits per heavy atom. The van der Waals surface area contributed by atoms with Crippen LogP contribution in [0.1, 0.15) is 20.7 Å². The van der Waals surface area contributed by atoms with E-state index >= 15 is 0 Å². The Morgan fingerprint density at radius 1 is 1.20 bits per heavy atom. The minimum atomic E-state index is -1.09. The second-order valence-electron chi connectivity index (χ2n) is 3.91. The van der Waals surface area contributed by atoms with E-state index in [4.69, 9.17) is 9.84 Å². The van der Waals surface area contributed by atoms with Crippen molar-refractivity contribution in [1.29, 1.82) is 0 Å². The number of carboxylic acids is 1. The van der Waals surface area contributed by atoms with Crippen LogP contribution < -0.4 is 10.1 Å². The molecule has 0 saturated heterocycles. The maximum absolute atomic E-state index is 11.9. The molecule has 0 aliphatic carbocycles. The molecule has 0 fully saturated rings. The molecule has 0 aliphatic heterocycles. The summed E-state index contributed by atoms with van der Waals surface area (Å²) in [5.41, 5.74) is 0.948. The van der Waals surface area contributed by atoms with Crippen molar-refractivity contribution in [1.82, 2.24) is 4.98 Å². The van der Waals surface area contributed by atoms with Crippen LogP contribution in [-0.2, 0) is 0 Å². The first-order valence-electron chi connectivity index (χ1n) is 5.74. The number of benzene rings is 1. The zero-order valence-electron chi connectivity index (χ0n) is 10.7. The molecule has 20 heavy (non-hydrogen) atoms. The summed E-state index contributed by atoms with van der Waals surface area (Å²) in [5.74, 6) is -1.21. The fraction of sp³-hybridized carbons (Fsp3) is 0.0714. The SMILES string of the molecule is COc1cc(NC(=O)c2ccncc2)ccc1C(=O)O. The predicted molar refractivity (Wildman–Crippen MR) is 72.1 cm³/mol. The molecule has 0 atom stereocenters. The van der Waals surface area contributed by atoms with Crippen LogP contribution >= 0.6 is 0 Å². The summed E-state index contributed by atoms with van der Waals surface area (Å²) in [5, 5.41) is 11.6. The van der Waals surface area contributed by atoms with Gasteiger partial charge in [0.25, 0.3) is 5.91 Å². The van der Waals surface area contributed by atoms with Gasteiger partial charge in [-0.1, -0.05) is 0 Å². The lowest BCUT2D eigenvalue weighted by molar-refractivity contribution is 0.0693. The van der Waals surface area contributed by atoms with Crippen LogP contribution in [0.25, 0.3) is 0 Å². The molecule has 6 heteroatoms. The Morgan fingerprint density at radius 3 is 2.50 bits per heavy atom. The fourth-order valence-corrected chi connectivity index (χ4v) is 1.65. The molecule has 0 bridgehead atoms. The van der Waals surface area contributed by atoms with Crippen LogP contribution in [0.3, 0.4) is 0 Å². The number of carboxylic acid groups (broad SMARTS) is 1. The number of aromatic nitrogens is 1. The zero-order valence-corrected chi connectivity index (χ0v) is 10.7. The Bertz CT molecular complexity index is 641. The molecule has 0 aliphatic rings. The number of carbonyl (C=O) groups excluding carboxylic acids is 1. The highest BCUT2D eigenvalue weighted by Gasteiger charge is 2.12. The summed E-state index contributed by atoms with van der Waals surface area (Å²) in [4.78, 5) is 26.7. The Kier molecular flexibility index (Phi) is 3.95. The maximum atomic E-state index is 11.9. The first-order valence-corrected chi connectivity index (χ1v) is 5.74. The molecular weight excluding hydrogens is 260 g/mol. The maximum Gasteiger partial charge on any atom is 0.339 e. The number of pyridine rings is 1. The van der Waals surface area contributed by atoms with Crippen molar-refractivity contribution in [3.05, 3.63) is 53.9 Å². The third kappa shape index (κ3) is 2.92. The highest BCUT2D eigenvalue weighted by atomic mass is 16.5. The van der Waals surface area contributed by atoms with Gasteiger partial charge in [0, 0.05) is 29.7 Å². The highest BCUT2D eigenvalue weighted by molar-refractivity contribution is 6.04. The molecule has 2 rings (SSSR count). The molecule has 0 spiro atoms. The molecule has 102 valence electrons. The van der Waals surface area contributed by atoms with Gasteiger partial charge in [-0.05, 0) is 24.3 Å². The quantitative estimate of drug-likeness (QED) is 0.889. The average molecular weight is 272 g/mol. The zero-order chi connectivity index (χ0) is 14.5. The van der Waals surface area contributed by atoms with Crippen molar-refractivity contribution in [2.45, 2.75) is 0 Å². The molecule has 1 heterocycles. The third-order valence-electron chi connectivity index (χ3n) is 2.63. The van der Waals surface area contributed by atoms with E-state index in [0.717, 1.165) is 0 Å². The van der Waals surface area contributed by atoms with Gasteiger partial charge < -0.3 is 15.2 Å². The van der Waals surface area contributed by atoms with Crippen LogP contribution in [0.5, 0.6) is 5.75 Å². The van der Waals surface area contributed by atoms with Crippen molar-refractivity contribution >= 4 is 17.6 Å². The Labute approximate surface area is 115 Å². The van der Waals surface area contributed by atoms with Gasteiger partial charge in [0.05, 0.1) is 7.11 Å². The Hall–Kier alpha value is -2.89. The largest absolute Gasteiger partial charge is 0.496 e. The molecule has 0 saturated carbocycles. The van der Waals surface area contributed by atoms with Crippen LogP contribution in [-0.4, -0.2) is 29.1 Å². The van der Waals surface area contributed by atoms with Gasteiger partial charge in [0.15, 0.2) is 0 Å². The van der Waals surface area contributed by atoms with E-state index in [-0.39, 0.29) is 17.2 Å². The van der Waals surface area contributed by atoms with Gasteiger partial charge >= 0.3 is 5.97 Å². The number of hydrogen-bond donors (Lipinski definition) is 2. The molecule has 6 nitrogen and oxygen atoms in total.